The zero-order valence-electron chi connectivity index (χ0n) is 14.4. The molecule has 8 heteroatoms. The molecule has 0 spiro atoms. The van der Waals surface area contributed by atoms with Gasteiger partial charge in [0.2, 0.25) is 0 Å². The quantitative estimate of drug-likeness (QED) is 0.421. The van der Waals surface area contributed by atoms with Crippen molar-refractivity contribution >= 4 is 46.3 Å². The molecule has 1 saturated carbocycles. The van der Waals surface area contributed by atoms with Gasteiger partial charge in [-0.05, 0) is 61.2 Å². The Morgan fingerprint density at radius 3 is 2.65 bits per heavy atom. The minimum absolute atomic E-state index is 0.0260. The van der Waals surface area contributed by atoms with Crippen LogP contribution in [0, 0.1) is 5.92 Å². The van der Waals surface area contributed by atoms with Crippen LogP contribution in [0.15, 0.2) is 23.1 Å². The Bertz CT molecular complexity index is 770. The molecular weight excluding hydrogens is 354 g/mol. The van der Waals surface area contributed by atoms with Gasteiger partial charge in [0.15, 0.2) is 0 Å². The third-order valence-corrected chi connectivity index (χ3v) is 5.45. The number of amides is 2. The van der Waals surface area contributed by atoms with E-state index in [2.05, 4.69) is 10.6 Å². The predicted octanol–water partition coefficient (Wildman–Crippen LogP) is 2.74. The smallest absolute Gasteiger partial charge is 0.308 e. The molecule has 138 valence electrons. The van der Waals surface area contributed by atoms with Crippen molar-refractivity contribution in [2.75, 3.05) is 18.2 Å². The standard InChI is InChI=1S/C18H21N3O4S/c1-25-17(23)11-3-5-12(6-4-11)20-14-8-10(2-7-13(14)19)9-15-16(22)21-18(24)26-15/h2,7-9,11-12,20H,3-6,19H2,1H3,(H,21,22,24). The number of nitrogens with two attached hydrogens (primary N) is 1. The number of methoxy groups -OCH3 is 1. The van der Waals surface area contributed by atoms with Crippen molar-refractivity contribution in [2.24, 2.45) is 5.92 Å². The maximum Gasteiger partial charge on any atom is 0.308 e. The number of hydrogen-bond acceptors (Lipinski definition) is 7. The van der Waals surface area contributed by atoms with Gasteiger partial charge in [0, 0.05) is 6.04 Å². The topological polar surface area (TPSA) is 111 Å². The van der Waals surface area contributed by atoms with Gasteiger partial charge in [-0.1, -0.05) is 6.07 Å². The van der Waals surface area contributed by atoms with Gasteiger partial charge in [-0.2, -0.15) is 0 Å². The molecule has 26 heavy (non-hydrogen) atoms. The molecule has 0 bridgehead atoms. The van der Waals surface area contributed by atoms with E-state index >= 15 is 0 Å². The monoisotopic (exact) mass is 375 g/mol. The first kappa shape index (κ1) is 18.3. The van der Waals surface area contributed by atoms with E-state index in [1.807, 2.05) is 6.07 Å². The highest BCUT2D eigenvalue weighted by Crippen LogP contribution is 2.31. The summed E-state index contributed by atoms with van der Waals surface area (Å²) in [6, 6.07) is 5.67. The van der Waals surface area contributed by atoms with E-state index in [4.69, 9.17) is 10.5 Å². The van der Waals surface area contributed by atoms with Gasteiger partial charge in [0.25, 0.3) is 11.1 Å². The number of esters is 1. The van der Waals surface area contributed by atoms with Gasteiger partial charge in [-0.15, -0.1) is 0 Å². The van der Waals surface area contributed by atoms with Gasteiger partial charge in [0.1, 0.15) is 0 Å². The summed E-state index contributed by atoms with van der Waals surface area (Å²) in [5.41, 5.74) is 8.25. The molecule has 1 heterocycles. The highest BCUT2D eigenvalue weighted by atomic mass is 32.2. The third-order valence-electron chi connectivity index (χ3n) is 4.64. The summed E-state index contributed by atoms with van der Waals surface area (Å²) in [6.07, 6.45) is 4.96. The number of anilines is 2. The van der Waals surface area contributed by atoms with E-state index in [1.165, 1.54) is 7.11 Å². The zero-order valence-corrected chi connectivity index (χ0v) is 15.2. The molecule has 4 N–H and O–H groups in total. The van der Waals surface area contributed by atoms with Crippen molar-refractivity contribution < 1.29 is 19.1 Å². The average molecular weight is 375 g/mol. The number of carbonyl (C=O) groups excluding carboxylic acids is 3. The summed E-state index contributed by atoms with van der Waals surface area (Å²) in [4.78, 5) is 34.9. The molecule has 0 atom stereocenters. The van der Waals surface area contributed by atoms with E-state index in [9.17, 15) is 14.4 Å². The molecule has 0 unspecified atom stereocenters. The zero-order chi connectivity index (χ0) is 18.7. The fourth-order valence-corrected chi connectivity index (χ4v) is 3.90. The summed E-state index contributed by atoms with van der Waals surface area (Å²) in [5, 5.41) is 5.30. The van der Waals surface area contributed by atoms with Crippen LogP contribution < -0.4 is 16.4 Å². The van der Waals surface area contributed by atoms with Crippen LogP contribution in [0.4, 0.5) is 16.2 Å². The number of carbonyl (C=O) groups is 3. The average Bonchev–Trinajstić information content (AvgIpc) is 2.95. The van der Waals surface area contributed by atoms with Gasteiger partial charge in [0.05, 0.1) is 29.3 Å². The lowest BCUT2D eigenvalue weighted by atomic mass is 9.86. The van der Waals surface area contributed by atoms with E-state index in [0.717, 1.165) is 48.7 Å². The second-order valence-corrected chi connectivity index (χ2v) is 7.43. The number of thioether (sulfide) groups is 1. The third kappa shape index (κ3) is 4.19. The molecule has 3 rings (SSSR count). The van der Waals surface area contributed by atoms with Crippen molar-refractivity contribution in [2.45, 2.75) is 31.7 Å². The number of nitrogens with one attached hydrogen (secondary N) is 2. The molecule has 1 aliphatic carbocycles. The Balaban J connectivity index is 1.67. The summed E-state index contributed by atoms with van der Waals surface area (Å²) in [7, 11) is 1.42. The number of ether oxygens (including phenoxy) is 1. The van der Waals surface area contributed by atoms with Crippen molar-refractivity contribution in [3.8, 4) is 0 Å². The van der Waals surface area contributed by atoms with Crippen molar-refractivity contribution in [3.05, 3.63) is 28.7 Å². The highest BCUT2D eigenvalue weighted by Gasteiger charge is 2.27. The van der Waals surface area contributed by atoms with E-state index in [1.54, 1.807) is 18.2 Å². The van der Waals surface area contributed by atoms with Crippen molar-refractivity contribution in [1.82, 2.24) is 5.32 Å². The van der Waals surface area contributed by atoms with Gasteiger partial charge >= 0.3 is 5.97 Å². The fraction of sp³-hybridized carbons (Fsp3) is 0.389. The SMILES string of the molecule is COC(=O)C1CCC(Nc2cc(C=C3SC(=O)NC3=O)ccc2N)CC1. The minimum Gasteiger partial charge on any atom is -0.469 e. The normalized spacial score (nSPS) is 24.4. The molecule has 2 amide bonds. The second-order valence-electron chi connectivity index (χ2n) is 6.41. The second kappa shape index (κ2) is 7.82. The first-order valence-electron chi connectivity index (χ1n) is 8.45. The summed E-state index contributed by atoms with van der Waals surface area (Å²) >= 11 is 0.885. The maximum absolute atomic E-state index is 11.7. The number of benzene rings is 1. The molecule has 0 aromatic heterocycles. The molecule has 1 aromatic carbocycles. The Morgan fingerprint density at radius 2 is 2.04 bits per heavy atom. The molecule has 1 saturated heterocycles. The largest absolute Gasteiger partial charge is 0.469 e. The fourth-order valence-electron chi connectivity index (χ4n) is 3.22. The number of rotatable bonds is 4. The van der Waals surface area contributed by atoms with Crippen molar-refractivity contribution in [3.63, 3.8) is 0 Å². The van der Waals surface area contributed by atoms with Gasteiger partial charge < -0.3 is 15.8 Å². The molecule has 7 nitrogen and oxygen atoms in total. The lowest BCUT2D eigenvalue weighted by Gasteiger charge is -2.28. The Hall–Kier alpha value is -2.48. The molecule has 2 fully saturated rings. The Morgan fingerprint density at radius 1 is 1.31 bits per heavy atom. The molecule has 2 aliphatic rings. The van der Waals surface area contributed by atoms with Crippen LogP contribution in [0.25, 0.3) is 6.08 Å². The first-order valence-corrected chi connectivity index (χ1v) is 9.26. The highest BCUT2D eigenvalue weighted by molar-refractivity contribution is 8.18. The van der Waals surface area contributed by atoms with Gasteiger partial charge in [-0.3, -0.25) is 19.7 Å². The molecule has 1 aliphatic heterocycles. The number of imide groups is 1. The van der Waals surface area contributed by atoms with Crippen LogP contribution in [0.1, 0.15) is 31.2 Å². The van der Waals surface area contributed by atoms with Crippen LogP contribution in [0.2, 0.25) is 0 Å². The maximum atomic E-state index is 11.7. The Labute approximate surface area is 155 Å². The van der Waals surface area contributed by atoms with E-state index in [0.29, 0.717) is 10.6 Å². The predicted molar refractivity (Wildman–Crippen MR) is 101 cm³/mol. The molecule has 0 radical (unpaired) electrons. The first-order chi connectivity index (χ1) is 12.5. The number of nitrogen functional groups attached to an aromatic ring is 1. The van der Waals surface area contributed by atoms with E-state index < -0.39 is 0 Å². The Kier molecular flexibility index (Phi) is 5.51. The van der Waals surface area contributed by atoms with Crippen molar-refractivity contribution in [1.29, 1.82) is 0 Å². The summed E-state index contributed by atoms with van der Waals surface area (Å²) in [6.45, 7) is 0. The van der Waals surface area contributed by atoms with Crippen LogP contribution in [-0.2, 0) is 14.3 Å². The summed E-state index contributed by atoms with van der Waals surface area (Å²) < 4.78 is 4.81. The van der Waals surface area contributed by atoms with Gasteiger partial charge in [-0.25, -0.2) is 0 Å². The van der Waals surface area contributed by atoms with Crippen LogP contribution >= 0.6 is 11.8 Å². The van der Waals surface area contributed by atoms with Crippen LogP contribution in [-0.4, -0.2) is 30.3 Å². The lowest BCUT2D eigenvalue weighted by molar-refractivity contribution is -0.146. The number of hydrogen-bond donors (Lipinski definition) is 3. The van der Waals surface area contributed by atoms with E-state index in [-0.39, 0.29) is 29.1 Å². The minimum atomic E-state index is -0.382. The molecular formula is C18H21N3O4S. The van der Waals surface area contributed by atoms with Crippen LogP contribution in [0.3, 0.4) is 0 Å². The lowest BCUT2D eigenvalue weighted by Crippen LogP contribution is -2.30. The summed E-state index contributed by atoms with van der Waals surface area (Å²) in [5.74, 6) is -0.548. The van der Waals surface area contributed by atoms with Crippen LogP contribution in [0.5, 0.6) is 0 Å². The molecule has 1 aromatic rings.